The van der Waals surface area contributed by atoms with E-state index < -0.39 is 29.2 Å². The third-order valence-electron chi connectivity index (χ3n) is 5.69. The number of methoxy groups -OCH3 is 2. The highest BCUT2D eigenvalue weighted by Crippen LogP contribution is 2.70. The lowest BCUT2D eigenvalue weighted by atomic mass is 9.87. The number of anilines is 1. The Hall–Kier alpha value is -2.38. The van der Waals surface area contributed by atoms with Crippen molar-refractivity contribution in [3.63, 3.8) is 0 Å². The second-order valence-electron chi connectivity index (χ2n) is 7.00. The van der Waals surface area contributed by atoms with Gasteiger partial charge in [-0.15, -0.1) is 0 Å². The minimum absolute atomic E-state index is 0.224. The number of halogens is 1. The van der Waals surface area contributed by atoms with Gasteiger partial charge >= 0.3 is 11.9 Å². The Morgan fingerprint density at radius 3 is 2.11 bits per heavy atom. The monoisotopic (exact) mass is 445 g/mol. The Balaban J connectivity index is 1.83. The summed E-state index contributed by atoms with van der Waals surface area (Å²) in [4.78, 5) is 31.1. The second-order valence-corrected chi connectivity index (χ2v) is 7.92. The number of esters is 2. The Kier molecular flexibility index (Phi) is 4.89. The van der Waals surface area contributed by atoms with Gasteiger partial charge in [0.05, 0.1) is 49.8 Å². The van der Waals surface area contributed by atoms with Crippen LogP contribution in [0.1, 0.15) is 11.6 Å². The molecule has 0 aromatic heterocycles. The summed E-state index contributed by atoms with van der Waals surface area (Å²) in [5.74, 6) is -2.08. The van der Waals surface area contributed by atoms with Gasteiger partial charge < -0.3 is 9.47 Å². The fourth-order valence-corrected chi connectivity index (χ4v) is 4.65. The van der Waals surface area contributed by atoms with Crippen LogP contribution in [0.3, 0.4) is 0 Å². The molecule has 0 amide bonds. The summed E-state index contributed by atoms with van der Waals surface area (Å²) >= 11 is 3.46. The topological polar surface area (TPSA) is 65.1 Å². The van der Waals surface area contributed by atoms with E-state index in [4.69, 9.17) is 14.3 Å². The van der Waals surface area contributed by atoms with Gasteiger partial charge in [0.25, 0.3) is 0 Å². The molecule has 3 atom stereocenters. The molecule has 0 bridgehead atoms. The maximum atomic E-state index is 12.5. The van der Waals surface area contributed by atoms with Gasteiger partial charge in [-0.2, -0.15) is 0 Å². The Morgan fingerprint density at radius 2 is 1.57 bits per heavy atom. The van der Waals surface area contributed by atoms with Gasteiger partial charge in [-0.25, -0.2) is 5.06 Å². The highest BCUT2D eigenvalue weighted by molar-refractivity contribution is 9.10. The predicted molar refractivity (Wildman–Crippen MR) is 105 cm³/mol. The lowest BCUT2D eigenvalue weighted by molar-refractivity contribution is -0.148. The van der Waals surface area contributed by atoms with Crippen molar-refractivity contribution < 1.29 is 23.9 Å². The molecule has 1 saturated carbocycles. The molecule has 1 aliphatic heterocycles. The largest absolute Gasteiger partial charge is 0.469 e. The summed E-state index contributed by atoms with van der Waals surface area (Å²) < 4.78 is 10.9. The number of rotatable bonds is 4. The van der Waals surface area contributed by atoms with Crippen LogP contribution in [0.25, 0.3) is 0 Å². The third kappa shape index (κ3) is 2.81. The van der Waals surface area contributed by atoms with E-state index in [1.165, 1.54) is 14.2 Å². The molecule has 4 rings (SSSR count). The molecular weight excluding hydrogens is 426 g/mol. The minimum Gasteiger partial charge on any atom is -0.469 e. The van der Waals surface area contributed by atoms with Gasteiger partial charge in [0.15, 0.2) is 0 Å². The van der Waals surface area contributed by atoms with Crippen LogP contribution in [0.15, 0.2) is 59.1 Å². The fourth-order valence-electron chi connectivity index (χ4n) is 4.39. The number of carbonyl (C=O) groups excluding carboxylic acids is 2. The molecule has 1 heterocycles. The van der Waals surface area contributed by atoms with Crippen molar-refractivity contribution >= 4 is 33.6 Å². The molecular formula is C21H20BrNO5. The quantitative estimate of drug-likeness (QED) is 0.670. The molecule has 0 unspecified atom stereocenters. The van der Waals surface area contributed by atoms with E-state index in [0.717, 1.165) is 15.7 Å². The van der Waals surface area contributed by atoms with E-state index in [1.54, 1.807) is 5.06 Å². The summed E-state index contributed by atoms with van der Waals surface area (Å²) in [5.41, 5.74) is 1.06. The highest BCUT2D eigenvalue weighted by atomic mass is 79.9. The van der Waals surface area contributed by atoms with Gasteiger partial charge in [0.2, 0.25) is 0 Å². The Morgan fingerprint density at radius 1 is 1.00 bits per heavy atom. The molecule has 6 nitrogen and oxygen atoms in total. The molecule has 146 valence electrons. The summed E-state index contributed by atoms with van der Waals surface area (Å²) in [5, 5.41) is 1.79. The maximum Gasteiger partial charge on any atom is 0.310 e. The number of carbonyl (C=O) groups is 2. The average molecular weight is 446 g/mol. The lowest BCUT2D eigenvalue weighted by Crippen LogP contribution is -2.28. The second kappa shape index (κ2) is 7.22. The van der Waals surface area contributed by atoms with Crippen LogP contribution in [0.5, 0.6) is 0 Å². The van der Waals surface area contributed by atoms with Crippen LogP contribution in [-0.4, -0.2) is 32.8 Å². The standard InChI is InChI=1S/C21H20BrNO5/c1-26-19(24)16-17(20(25)27-2)21(16)12-28-23(15-6-4-3-5-7-15)18(21)13-8-10-14(22)11-9-13/h3-11,16-18H,12H2,1-2H3/t16-,17-,18-/m0/s1. The first-order chi connectivity index (χ1) is 13.5. The number of ether oxygens (including phenoxy) is 2. The molecule has 7 heteroatoms. The molecule has 1 aliphatic carbocycles. The fraction of sp³-hybridized carbons (Fsp3) is 0.333. The molecule has 1 spiro atoms. The highest BCUT2D eigenvalue weighted by Gasteiger charge is 2.79. The normalized spacial score (nSPS) is 28.2. The van der Waals surface area contributed by atoms with Crippen molar-refractivity contribution in [3.05, 3.63) is 64.6 Å². The van der Waals surface area contributed by atoms with Crippen LogP contribution in [0.2, 0.25) is 0 Å². The number of para-hydroxylation sites is 1. The minimum atomic E-state index is -0.746. The number of nitrogens with zero attached hydrogens (tertiary/aromatic N) is 1. The molecule has 2 aromatic carbocycles. The van der Waals surface area contributed by atoms with Crippen molar-refractivity contribution in [1.29, 1.82) is 0 Å². The average Bonchev–Trinajstić information content (AvgIpc) is 3.24. The lowest BCUT2D eigenvalue weighted by Gasteiger charge is -2.28. The first-order valence-corrected chi connectivity index (χ1v) is 9.72. The number of hydroxylamine groups is 1. The van der Waals surface area contributed by atoms with Crippen LogP contribution in [0, 0.1) is 17.3 Å². The van der Waals surface area contributed by atoms with Gasteiger partial charge in [0.1, 0.15) is 0 Å². The zero-order chi connectivity index (χ0) is 19.9. The molecule has 2 aromatic rings. The van der Waals surface area contributed by atoms with Crippen LogP contribution in [-0.2, 0) is 23.9 Å². The van der Waals surface area contributed by atoms with Crippen molar-refractivity contribution in [2.24, 2.45) is 17.3 Å². The molecule has 0 radical (unpaired) electrons. The van der Waals surface area contributed by atoms with E-state index in [1.807, 2.05) is 54.6 Å². The van der Waals surface area contributed by atoms with Gasteiger partial charge in [-0.1, -0.05) is 46.3 Å². The number of benzene rings is 2. The molecule has 0 N–H and O–H groups in total. The Labute approximate surface area is 171 Å². The van der Waals surface area contributed by atoms with Crippen molar-refractivity contribution in [1.82, 2.24) is 0 Å². The Bertz CT molecular complexity index is 863. The SMILES string of the molecule is COC(=O)[C@@H]1[C@@H](C(=O)OC)C12CON(c1ccccc1)[C@H]2c1ccc(Br)cc1. The molecule has 2 fully saturated rings. The summed E-state index contributed by atoms with van der Waals surface area (Å²) in [6.07, 6.45) is 0. The van der Waals surface area contributed by atoms with E-state index in [9.17, 15) is 9.59 Å². The van der Waals surface area contributed by atoms with E-state index in [0.29, 0.717) is 0 Å². The first-order valence-electron chi connectivity index (χ1n) is 8.93. The number of hydrogen-bond acceptors (Lipinski definition) is 6. The van der Waals surface area contributed by atoms with E-state index in [2.05, 4.69) is 15.9 Å². The van der Waals surface area contributed by atoms with Crippen LogP contribution >= 0.6 is 15.9 Å². The summed E-state index contributed by atoms with van der Waals surface area (Å²) in [7, 11) is 2.67. The molecule has 1 saturated heterocycles. The van der Waals surface area contributed by atoms with Gasteiger partial charge in [-0.3, -0.25) is 14.4 Å². The van der Waals surface area contributed by atoms with Crippen molar-refractivity contribution in [3.8, 4) is 0 Å². The summed E-state index contributed by atoms with van der Waals surface area (Å²) in [6.45, 7) is 0.224. The predicted octanol–water partition coefficient (Wildman–Crippen LogP) is 3.52. The smallest absolute Gasteiger partial charge is 0.310 e. The van der Waals surface area contributed by atoms with Crippen LogP contribution < -0.4 is 5.06 Å². The van der Waals surface area contributed by atoms with Crippen molar-refractivity contribution in [2.45, 2.75) is 6.04 Å². The zero-order valence-corrected chi connectivity index (χ0v) is 17.1. The molecule has 28 heavy (non-hydrogen) atoms. The maximum absolute atomic E-state index is 12.5. The van der Waals surface area contributed by atoms with Gasteiger partial charge in [0, 0.05) is 4.47 Å². The van der Waals surface area contributed by atoms with Crippen molar-refractivity contribution in [2.75, 3.05) is 25.9 Å². The van der Waals surface area contributed by atoms with E-state index in [-0.39, 0.29) is 12.6 Å². The van der Waals surface area contributed by atoms with Gasteiger partial charge in [-0.05, 0) is 29.8 Å². The third-order valence-corrected chi connectivity index (χ3v) is 6.21. The zero-order valence-electron chi connectivity index (χ0n) is 15.5. The molecule has 2 aliphatic rings. The van der Waals surface area contributed by atoms with Crippen LogP contribution in [0.4, 0.5) is 5.69 Å². The summed E-state index contributed by atoms with van der Waals surface area (Å²) in [6, 6.07) is 17.1. The number of hydrogen-bond donors (Lipinski definition) is 0. The first kappa shape index (κ1) is 19.0. The van der Waals surface area contributed by atoms with E-state index >= 15 is 0 Å².